The summed E-state index contributed by atoms with van der Waals surface area (Å²) in [7, 11) is 0. The van der Waals surface area contributed by atoms with E-state index in [4.69, 9.17) is 9.84 Å². The summed E-state index contributed by atoms with van der Waals surface area (Å²) in [5.74, 6) is -1.63. The van der Waals surface area contributed by atoms with Crippen molar-refractivity contribution < 1.29 is 24.5 Å². The summed E-state index contributed by atoms with van der Waals surface area (Å²) >= 11 is 2.09. The monoisotopic (exact) mass is 517 g/mol. The highest BCUT2D eigenvalue weighted by Crippen LogP contribution is 2.35. The summed E-state index contributed by atoms with van der Waals surface area (Å²) in [6.45, 7) is 1.72. The second-order valence-corrected chi connectivity index (χ2v) is 7.98. The van der Waals surface area contributed by atoms with Gasteiger partial charge in [-0.2, -0.15) is 0 Å². The normalized spacial score (nSPS) is 13.1. The molecule has 0 radical (unpaired) electrons. The number of aliphatic carboxylic acids is 1. The second kappa shape index (κ2) is 9.62. The molecule has 0 aliphatic carbocycles. The molecule has 0 fully saturated rings. The average molecular weight is 517 g/mol. The highest BCUT2D eigenvalue weighted by atomic mass is 127. The molecular formula is C23H20INO5. The topological polar surface area (TPSA) is 95.9 Å². The van der Waals surface area contributed by atoms with Crippen LogP contribution in [0.3, 0.4) is 0 Å². The molecule has 0 spiro atoms. The van der Waals surface area contributed by atoms with Gasteiger partial charge in [0.05, 0.1) is 5.69 Å². The largest absolute Gasteiger partial charge is 0.508 e. The van der Waals surface area contributed by atoms with Gasteiger partial charge in [-0.15, -0.1) is 0 Å². The van der Waals surface area contributed by atoms with Crippen molar-refractivity contribution >= 4 is 51.1 Å². The third-order valence-electron chi connectivity index (χ3n) is 4.58. The maximum absolute atomic E-state index is 12.7. The number of carbonyl (C=O) groups is 2. The summed E-state index contributed by atoms with van der Waals surface area (Å²) in [6.07, 6.45) is 0.835. The van der Waals surface area contributed by atoms with E-state index >= 15 is 0 Å². The predicted octanol–water partition coefficient (Wildman–Crippen LogP) is 5.72. The molecule has 0 bridgehead atoms. The number of anilines is 1. The number of carboxylic acids is 1. The van der Waals surface area contributed by atoms with E-state index in [0.29, 0.717) is 11.3 Å². The van der Waals surface area contributed by atoms with Crippen LogP contribution in [0, 0.1) is 9.49 Å². The molecule has 154 valence electrons. The third-order valence-corrected chi connectivity index (χ3v) is 5.25. The zero-order valence-electron chi connectivity index (χ0n) is 16.1. The molecule has 0 unspecified atom stereocenters. The molecule has 30 heavy (non-hydrogen) atoms. The van der Waals surface area contributed by atoms with Gasteiger partial charge in [0.15, 0.2) is 0 Å². The van der Waals surface area contributed by atoms with Crippen LogP contribution >= 0.6 is 22.6 Å². The lowest BCUT2D eigenvalue weighted by molar-refractivity contribution is -0.131. The fourth-order valence-electron chi connectivity index (χ4n) is 3.13. The van der Waals surface area contributed by atoms with Gasteiger partial charge in [-0.3, -0.25) is 5.32 Å². The van der Waals surface area contributed by atoms with Crippen LogP contribution in [-0.2, 0) is 9.53 Å². The number of amides is 1. The number of hydrogen-bond donors (Lipinski definition) is 3. The van der Waals surface area contributed by atoms with Gasteiger partial charge in [-0.05, 0) is 52.2 Å². The minimum absolute atomic E-state index is 0.0334. The quantitative estimate of drug-likeness (QED) is 0.287. The van der Waals surface area contributed by atoms with Crippen LogP contribution in [0.2, 0.25) is 0 Å². The number of ether oxygens (including phenoxy) is 1. The van der Waals surface area contributed by atoms with Gasteiger partial charge in [0, 0.05) is 26.5 Å². The Bertz CT molecular complexity index is 1110. The lowest BCUT2D eigenvalue weighted by atomic mass is 9.96. The van der Waals surface area contributed by atoms with Crippen molar-refractivity contribution in [3.8, 4) is 5.75 Å². The van der Waals surface area contributed by atoms with Crippen molar-refractivity contribution in [3.63, 3.8) is 0 Å². The lowest BCUT2D eigenvalue weighted by Gasteiger charge is -2.24. The van der Waals surface area contributed by atoms with Crippen LogP contribution in [0.1, 0.15) is 18.6 Å². The summed E-state index contributed by atoms with van der Waals surface area (Å²) in [4.78, 5) is 23.6. The number of carboxylic acid groups (broad SMARTS) is 1. The number of carbonyl (C=O) groups excluding carboxylic acids is 1. The molecule has 3 rings (SSSR count). The van der Waals surface area contributed by atoms with Crippen LogP contribution in [0.5, 0.6) is 5.75 Å². The van der Waals surface area contributed by atoms with Gasteiger partial charge >= 0.3 is 12.1 Å². The molecule has 0 aromatic heterocycles. The number of rotatable bonds is 6. The minimum Gasteiger partial charge on any atom is -0.508 e. The molecule has 7 heteroatoms. The molecule has 2 atom stereocenters. The Labute approximate surface area is 187 Å². The first-order chi connectivity index (χ1) is 14.3. The predicted molar refractivity (Wildman–Crippen MR) is 124 cm³/mol. The Morgan fingerprint density at radius 3 is 2.60 bits per heavy atom. The Kier molecular flexibility index (Phi) is 6.94. The number of benzene rings is 3. The fourth-order valence-corrected chi connectivity index (χ4v) is 3.65. The zero-order chi connectivity index (χ0) is 21.7. The van der Waals surface area contributed by atoms with E-state index in [0.717, 1.165) is 20.4 Å². The molecule has 0 saturated carbocycles. The van der Waals surface area contributed by atoms with Gasteiger partial charge in [-0.1, -0.05) is 49.4 Å². The highest BCUT2D eigenvalue weighted by Gasteiger charge is 2.25. The van der Waals surface area contributed by atoms with Crippen LogP contribution < -0.4 is 5.32 Å². The first-order valence-corrected chi connectivity index (χ1v) is 10.3. The summed E-state index contributed by atoms with van der Waals surface area (Å²) in [5, 5.41) is 23.8. The van der Waals surface area contributed by atoms with E-state index in [1.165, 1.54) is 12.1 Å². The standard InChI is InChI=1S/C23H20INO5/c1-14(9-12-21(27)28)22(18-13-16(24)10-11-20(18)26)30-23(29)25-19-8-4-6-15-5-2-3-7-17(15)19/h2-14,22,26H,1H3,(H,25,29)(H,27,28)/b12-9+/t14-,22+/m0/s1. The Morgan fingerprint density at radius 1 is 1.10 bits per heavy atom. The SMILES string of the molecule is C[C@@H](/C=C/C(=O)O)[C@@H](OC(=O)Nc1cccc2ccccc12)c1cc(I)ccc1O. The fraction of sp³-hybridized carbons (Fsp3) is 0.130. The van der Waals surface area contributed by atoms with E-state index in [9.17, 15) is 14.7 Å². The number of hydrogen-bond acceptors (Lipinski definition) is 4. The Morgan fingerprint density at radius 2 is 1.83 bits per heavy atom. The smallest absolute Gasteiger partial charge is 0.412 e. The summed E-state index contributed by atoms with van der Waals surface area (Å²) in [5.41, 5.74) is 0.995. The molecule has 0 saturated heterocycles. The summed E-state index contributed by atoms with van der Waals surface area (Å²) < 4.78 is 6.51. The molecule has 0 heterocycles. The lowest BCUT2D eigenvalue weighted by Crippen LogP contribution is -2.21. The first kappa shape index (κ1) is 21.6. The molecular weight excluding hydrogens is 497 g/mol. The van der Waals surface area contributed by atoms with Gasteiger partial charge < -0.3 is 14.9 Å². The second-order valence-electron chi connectivity index (χ2n) is 6.74. The number of aromatic hydroxyl groups is 1. The average Bonchev–Trinajstić information content (AvgIpc) is 2.72. The van der Waals surface area contributed by atoms with Crippen molar-refractivity contribution in [2.45, 2.75) is 13.0 Å². The van der Waals surface area contributed by atoms with Crippen LogP contribution in [0.25, 0.3) is 10.8 Å². The minimum atomic E-state index is -1.10. The maximum Gasteiger partial charge on any atom is 0.412 e. The molecule has 0 aliphatic rings. The van der Waals surface area contributed by atoms with Gasteiger partial charge in [0.1, 0.15) is 11.9 Å². The highest BCUT2D eigenvalue weighted by molar-refractivity contribution is 14.1. The molecule has 3 aromatic rings. The number of phenols is 1. The van der Waals surface area contributed by atoms with Crippen LogP contribution in [0.15, 0.2) is 72.8 Å². The molecule has 1 amide bonds. The molecule has 6 nitrogen and oxygen atoms in total. The van der Waals surface area contributed by atoms with Gasteiger partial charge in [0.2, 0.25) is 0 Å². The van der Waals surface area contributed by atoms with Crippen LogP contribution in [-0.4, -0.2) is 22.3 Å². The number of phenolic OH excluding ortho intramolecular Hbond substituents is 1. The number of nitrogens with one attached hydrogen (secondary N) is 1. The maximum atomic E-state index is 12.7. The van der Waals surface area contributed by atoms with Gasteiger partial charge in [0.25, 0.3) is 0 Å². The van der Waals surface area contributed by atoms with E-state index in [2.05, 4.69) is 27.9 Å². The summed E-state index contributed by atoms with van der Waals surface area (Å²) in [6, 6.07) is 18.1. The number of halogens is 1. The van der Waals surface area contributed by atoms with Crippen molar-refractivity contribution in [2.24, 2.45) is 5.92 Å². The van der Waals surface area contributed by atoms with E-state index in [1.807, 2.05) is 36.4 Å². The molecule has 3 aromatic carbocycles. The van der Waals surface area contributed by atoms with Crippen LogP contribution in [0.4, 0.5) is 10.5 Å². The molecule has 0 aliphatic heterocycles. The first-order valence-electron chi connectivity index (χ1n) is 9.20. The van der Waals surface area contributed by atoms with E-state index in [-0.39, 0.29) is 5.75 Å². The van der Waals surface area contributed by atoms with Crippen molar-refractivity contribution in [1.82, 2.24) is 0 Å². The third kappa shape index (κ3) is 5.29. The van der Waals surface area contributed by atoms with Crippen molar-refractivity contribution in [2.75, 3.05) is 5.32 Å². The van der Waals surface area contributed by atoms with Crippen molar-refractivity contribution in [1.29, 1.82) is 0 Å². The van der Waals surface area contributed by atoms with Gasteiger partial charge in [-0.25, -0.2) is 9.59 Å². The Balaban J connectivity index is 1.89. The Hall–Kier alpha value is -3.07. The van der Waals surface area contributed by atoms with Crippen molar-refractivity contribution in [3.05, 3.63) is 81.9 Å². The van der Waals surface area contributed by atoms with E-state index < -0.39 is 24.1 Å². The molecule has 3 N–H and O–H groups in total. The number of fused-ring (bicyclic) bond motifs is 1. The van der Waals surface area contributed by atoms with E-state index in [1.54, 1.807) is 25.1 Å². The zero-order valence-corrected chi connectivity index (χ0v) is 18.2.